The van der Waals surface area contributed by atoms with Gasteiger partial charge in [0, 0.05) is 30.0 Å². The summed E-state index contributed by atoms with van der Waals surface area (Å²) in [6.07, 6.45) is 3.68. The fourth-order valence-corrected chi connectivity index (χ4v) is 4.25. The van der Waals surface area contributed by atoms with Crippen LogP contribution in [0.3, 0.4) is 0 Å². The van der Waals surface area contributed by atoms with Crippen molar-refractivity contribution in [1.29, 1.82) is 0 Å². The summed E-state index contributed by atoms with van der Waals surface area (Å²) >= 11 is 3.47. The van der Waals surface area contributed by atoms with E-state index in [2.05, 4.69) is 21.2 Å². The van der Waals surface area contributed by atoms with Gasteiger partial charge in [-0.3, -0.25) is 4.79 Å². The highest BCUT2D eigenvalue weighted by Crippen LogP contribution is 2.37. The maximum Gasteiger partial charge on any atom is 0.235 e. The summed E-state index contributed by atoms with van der Waals surface area (Å²) in [5.41, 5.74) is 1.22. The van der Waals surface area contributed by atoms with E-state index in [1.165, 1.54) is 0 Å². The van der Waals surface area contributed by atoms with Crippen molar-refractivity contribution in [1.82, 2.24) is 0 Å². The van der Waals surface area contributed by atoms with Crippen molar-refractivity contribution >= 4 is 27.5 Å². The number of hydrogen-bond acceptors (Lipinski definition) is 4. The second-order valence-electron chi connectivity index (χ2n) is 7.63. The van der Waals surface area contributed by atoms with Crippen LogP contribution in [0.5, 0.6) is 5.75 Å². The monoisotopic (exact) mass is 459 g/mol. The van der Waals surface area contributed by atoms with Crippen molar-refractivity contribution in [2.75, 3.05) is 31.7 Å². The molecule has 2 aliphatic heterocycles. The zero-order valence-electron chi connectivity index (χ0n) is 16.4. The van der Waals surface area contributed by atoms with Crippen LogP contribution in [0.2, 0.25) is 0 Å². The molecule has 29 heavy (non-hydrogen) atoms. The molecule has 154 valence electrons. The lowest BCUT2D eigenvalue weighted by Crippen LogP contribution is -2.44. The molecule has 2 heterocycles. The molecule has 2 saturated heterocycles. The van der Waals surface area contributed by atoms with Crippen molar-refractivity contribution < 1.29 is 19.0 Å². The largest absolute Gasteiger partial charge is 0.491 e. The van der Waals surface area contributed by atoms with Gasteiger partial charge in [0.1, 0.15) is 12.4 Å². The molecular formula is C23H26BrNO4. The third kappa shape index (κ3) is 4.82. The minimum Gasteiger partial charge on any atom is -0.491 e. The average molecular weight is 460 g/mol. The highest BCUT2D eigenvalue weighted by atomic mass is 79.9. The molecule has 0 radical (unpaired) electrons. The predicted molar refractivity (Wildman–Crippen MR) is 115 cm³/mol. The maximum absolute atomic E-state index is 13.3. The smallest absolute Gasteiger partial charge is 0.235 e. The minimum absolute atomic E-state index is 0.0103. The summed E-state index contributed by atoms with van der Waals surface area (Å²) in [7, 11) is 0. The van der Waals surface area contributed by atoms with Crippen LogP contribution in [0.25, 0.3) is 0 Å². The lowest BCUT2D eigenvalue weighted by atomic mass is 9.73. The molecule has 0 aromatic heterocycles. The van der Waals surface area contributed by atoms with E-state index in [1.54, 1.807) is 0 Å². The van der Waals surface area contributed by atoms with Gasteiger partial charge >= 0.3 is 0 Å². The Morgan fingerprint density at radius 2 is 1.79 bits per heavy atom. The summed E-state index contributed by atoms with van der Waals surface area (Å²) in [5.74, 6) is 0.795. The number of rotatable bonds is 6. The highest BCUT2D eigenvalue weighted by Gasteiger charge is 2.41. The number of ether oxygens (including phenoxy) is 3. The van der Waals surface area contributed by atoms with Crippen molar-refractivity contribution in [2.24, 2.45) is 0 Å². The maximum atomic E-state index is 13.3. The summed E-state index contributed by atoms with van der Waals surface area (Å²) in [6, 6.07) is 15.6. The molecule has 1 unspecified atom stereocenters. The van der Waals surface area contributed by atoms with Crippen molar-refractivity contribution in [3.8, 4) is 5.75 Å². The zero-order chi connectivity index (χ0) is 20.1. The van der Waals surface area contributed by atoms with E-state index in [0.717, 1.165) is 40.9 Å². The number of hydrogen-bond donors (Lipinski definition) is 1. The van der Waals surface area contributed by atoms with Crippen molar-refractivity contribution in [2.45, 2.75) is 37.2 Å². The Balaban J connectivity index is 1.43. The molecule has 0 bridgehead atoms. The van der Waals surface area contributed by atoms with Gasteiger partial charge in [0.05, 0.1) is 11.5 Å². The van der Waals surface area contributed by atoms with E-state index >= 15 is 0 Å². The van der Waals surface area contributed by atoms with Crippen LogP contribution in [-0.4, -0.2) is 38.4 Å². The average Bonchev–Trinajstić information content (AvgIpc) is 3.28. The summed E-state index contributed by atoms with van der Waals surface area (Å²) < 4.78 is 17.9. The van der Waals surface area contributed by atoms with Gasteiger partial charge in [-0.05, 0) is 67.6 Å². The number of carbonyl (C=O) groups excluding carboxylic acids is 1. The third-order valence-corrected chi connectivity index (χ3v) is 6.28. The van der Waals surface area contributed by atoms with Gasteiger partial charge in [0.25, 0.3) is 0 Å². The van der Waals surface area contributed by atoms with Crippen LogP contribution in [0.1, 0.15) is 31.2 Å². The number of carbonyl (C=O) groups is 1. The summed E-state index contributed by atoms with van der Waals surface area (Å²) in [6.45, 7) is 2.56. The van der Waals surface area contributed by atoms with Gasteiger partial charge in [-0.2, -0.15) is 0 Å². The Hall–Kier alpha value is -1.89. The van der Waals surface area contributed by atoms with Crippen LogP contribution in [0.4, 0.5) is 5.69 Å². The van der Waals surface area contributed by atoms with E-state index in [4.69, 9.17) is 14.2 Å². The number of nitrogens with one attached hydrogen (secondary N) is 1. The van der Waals surface area contributed by atoms with Gasteiger partial charge < -0.3 is 19.5 Å². The Bertz CT molecular complexity index is 810. The Morgan fingerprint density at radius 1 is 1.07 bits per heavy atom. The summed E-state index contributed by atoms with van der Waals surface area (Å²) in [4.78, 5) is 13.3. The van der Waals surface area contributed by atoms with Crippen molar-refractivity contribution in [3.05, 3.63) is 58.6 Å². The third-order valence-electron chi connectivity index (χ3n) is 5.75. The number of benzene rings is 2. The topological polar surface area (TPSA) is 56.8 Å². The second-order valence-corrected chi connectivity index (χ2v) is 8.54. The first kappa shape index (κ1) is 20.4. The molecule has 0 aliphatic carbocycles. The minimum atomic E-state index is -0.575. The predicted octanol–water partition coefficient (Wildman–Crippen LogP) is 4.69. The van der Waals surface area contributed by atoms with Crippen molar-refractivity contribution in [3.63, 3.8) is 0 Å². The molecule has 0 saturated carbocycles. The molecule has 1 amide bonds. The molecule has 2 fully saturated rings. The van der Waals surface area contributed by atoms with Gasteiger partial charge in [0.15, 0.2) is 0 Å². The molecule has 4 rings (SSSR count). The van der Waals surface area contributed by atoms with Crippen LogP contribution >= 0.6 is 15.9 Å². The quantitative estimate of drug-likeness (QED) is 0.680. The van der Waals surface area contributed by atoms with Crippen LogP contribution in [0, 0.1) is 0 Å². The Morgan fingerprint density at radius 3 is 2.45 bits per heavy atom. The van der Waals surface area contributed by atoms with E-state index in [1.807, 2.05) is 48.5 Å². The fourth-order valence-electron chi connectivity index (χ4n) is 3.99. The highest BCUT2D eigenvalue weighted by molar-refractivity contribution is 9.10. The van der Waals surface area contributed by atoms with Gasteiger partial charge in [0.2, 0.25) is 5.91 Å². The van der Waals surface area contributed by atoms with Gasteiger partial charge in [-0.25, -0.2) is 0 Å². The number of anilines is 1. The van der Waals surface area contributed by atoms with Gasteiger partial charge in [-0.15, -0.1) is 0 Å². The Kier molecular flexibility index (Phi) is 6.53. The fraction of sp³-hybridized carbons (Fsp3) is 0.435. The molecule has 2 aromatic carbocycles. The van der Waals surface area contributed by atoms with Crippen LogP contribution < -0.4 is 10.1 Å². The molecule has 6 heteroatoms. The molecule has 1 atom stereocenters. The lowest BCUT2D eigenvalue weighted by molar-refractivity contribution is -0.125. The number of amides is 1. The van der Waals surface area contributed by atoms with E-state index in [0.29, 0.717) is 32.7 Å². The van der Waals surface area contributed by atoms with E-state index in [9.17, 15) is 4.79 Å². The zero-order valence-corrected chi connectivity index (χ0v) is 17.9. The van der Waals surface area contributed by atoms with Crippen LogP contribution in [0.15, 0.2) is 53.0 Å². The molecule has 2 aliphatic rings. The summed E-state index contributed by atoms with van der Waals surface area (Å²) in [5, 5.41) is 3.10. The molecule has 5 nitrogen and oxygen atoms in total. The SMILES string of the molecule is O=C(Nc1ccc(OCC2CCCO2)cc1)C1(c2ccc(Br)cc2)CCOCC1. The first-order chi connectivity index (χ1) is 14.2. The van der Waals surface area contributed by atoms with E-state index in [-0.39, 0.29) is 12.0 Å². The Labute approximate surface area is 179 Å². The first-order valence-electron chi connectivity index (χ1n) is 10.2. The number of halogens is 1. The normalized spacial score (nSPS) is 20.9. The molecule has 0 spiro atoms. The van der Waals surface area contributed by atoms with Gasteiger partial charge in [-0.1, -0.05) is 28.1 Å². The van der Waals surface area contributed by atoms with E-state index < -0.39 is 5.41 Å². The second kappa shape index (κ2) is 9.28. The van der Waals surface area contributed by atoms with Crippen LogP contribution in [-0.2, 0) is 19.7 Å². The first-order valence-corrected chi connectivity index (χ1v) is 10.9. The lowest BCUT2D eigenvalue weighted by Gasteiger charge is -2.36. The standard InChI is InChI=1S/C23H26BrNO4/c24-18-5-3-17(4-6-18)23(11-14-27-15-12-23)22(26)25-19-7-9-20(10-8-19)29-16-21-2-1-13-28-21/h3-10,21H,1-2,11-16H2,(H,25,26). The molecule has 1 N–H and O–H groups in total. The molecule has 2 aromatic rings. The molecular weight excluding hydrogens is 434 g/mol.